The molecule has 0 spiro atoms. The minimum Gasteiger partial charge on any atom is -0.233 e. The molecule has 2 aromatic rings. The molecule has 0 saturated heterocycles. The van der Waals surface area contributed by atoms with E-state index in [1.807, 2.05) is 36.4 Å². The maximum Gasteiger partial charge on any atom is 0.161 e. The zero-order valence-electron chi connectivity index (χ0n) is 9.15. The smallest absolute Gasteiger partial charge is 0.161 e. The number of halogens is 1. The SMILES string of the molecule is CCCc1cc(Cl)nc(-c2ccccc2)n1. The first kappa shape index (κ1) is 11.1. The van der Waals surface area contributed by atoms with Crippen LogP contribution in [0.5, 0.6) is 0 Å². The summed E-state index contributed by atoms with van der Waals surface area (Å²) < 4.78 is 0. The molecule has 82 valence electrons. The quantitative estimate of drug-likeness (QED) is 0.754. The largest absolute Gasteiger partial charge is 0.233 e. The van der Waals surface area contributed by atoms with Gasteiger partial charge in [0.05, 0.1) is 0 Å². The summed E-state index contributed by atoms with van der Waals surface area (Å²) in [7, 11) is 0. The summed E-state index contributed by atoms with van der Waals surface area (Å²) in [6.45, 7) is 2.12. The van der Waals surface area contributed by atoms with Crippen molar-refractivity contribution < 1.29 is 0 Å². The van der Waals surface area contributed by atoms with Gasteiger partial charge in [-0.15, -0.1) is 0 Å². The summed E-state index contributed by atoms with van der Waals surface area (Å²) in [6, 6.07) is 11.7. The molecule has 0 aliphatic carbocycles. The molecule has 0 bridgehead atoms. The molecule has 2 nitrogen and oxygen atoms in total. The number of benzene rings is 1. The Morgan fingerprint density at radius 3 is 2.56 bits per heavy atom. The second kappa shape index (κ2) is 5.08. The zero-order chi connectivity index (χ0) is 11.4. The van der Waals surface area contributed by atoms with Crippen molar-refractivity contribution in [3.63, 3.8) is 0 Å². The monoisotopic (exact) mass is 232 g/mol. The Hall–Kier alpha value is -1.41. The van der Waals surface area contributed by atoms with Crippen LogP contribution in [0.3, 0.4) is 0 Å². The third-order valence-electron chi connectivity index (χ3n) is 2.29. The predicted molar refractivity (Wildman–Crippen MR) is 66.5 cm³/mol. The van der Waals surface area contributed by atoms with Crippen LogP contribution >= 0.6 is 11.6 Å². The predicted octanol–water partition coefficient (Wildman–Crippen LogP) is 3.75. The Morgan fingerprint density at radius 1 is 1.12 bits per heavy atom. The standard InChI is InChI=1S/C13H13ClN2/c1-2-6-11-9-12(14)16-13(15-11)10-7-4-3-5-8-10/h3-5,7-9H,2,6H2,1H3. The van der Waals surface area contributed by atoms with E-state index in [0.29, 0.717) is 11.0 Å². The van der Waals surface area contributed by atoms with Gasteiger partial charge in [0, 0.05) is 11.3 Å². The number of aromatic nitrogens is 2. The van der Waals surface area contributed by atoms with Crippen LogP contribution in [0.4, 0.5) is 0 Å². The van der Waals surface area contributed by atoms with E-state index in [2.05, 4.69) is 16.9 Å². The first-order valence-electron chi connectivity index (χ1n) is 5.38. The van der Waals surface area contributed by atoms with E-state index >= 15 is 0 Å². The van der Waals surface area contributed by atoms with Crippen LogP contribution in [0.1, 0.15) is 19.0 Å². The van der Waals surface area contributed by atoms with E-state index in [4.69, 9.17) is 11.6 Å². The highest BCUT2D eigenvalue weighted by Gasteiger charge is 2.04. The van der Waals surface area contributed by atoms with Crippen molar-refractivity contribution in [2.75, 3.05) is 0 Å². The second-order valence-corrected chi connectivity index (χ2v) is 4.01. The molecule has 0 aliphatic heterocycles. The number of nitrogens with zero attached hydrogens (tertiary/aromatic N) is 2. The molecular weight excluding hydrogens is 220 g/mol. The fraction of sp³-hybridized carbons (Fsp3) is 0.231. The van der Waals surface area contributed by atoms with Gasteiger partial charge in [0.15, 0.2) is 5.82 Å². The summed E-state index contributed by atoms with van der Waals surface area (Å²) in [5, 5.41) is 0.511. The van der Waals surface area contributed by atoms with Gasteiger partial charge in [-0.3, -0.25) is 0 Å². The maximum absolute atomic E-state index is 5.98. The molecular formula is C13H13ClN2. The van der Waals surface area contributed by atoms with Crippen molar-refractivity contribution in [3.8, 4) is 11.4 Å². The van der Waals surface area contributed by atoms with Crippen LogP contribution in [0, 0.1) is 0 Å². The van der Waals surface area contributed by atoms with Gasteiger partial charge in [-0.2, -0.15) is 0 Å². The molecule has 0 aliphatic rings. The van der Waals surface area contributed by atoms with Gasteiger partial charge in [-0.1, -0.05) is 55.3 Å². The van der Waals surface area contributed by atoms with Crippen LogP contribution in [0.25, 0.3) is 11.4 Å². The van der Waals surface area contributed by atoms with Gasteiger partial charge in [0.25, 0.3) is 0 Å². The number of hydrogen-bond donors (Lipinski definition) is 0. The highest BCUT2D eigenvalue weighted by Crippen LogP contribution is 2.18. The van der Waals surface area contributed by atoms with E-state index < -0.39 is 0 Å². The van der Waals surface area contributed by atoms with E-state index in [1.54, 1.807) is 0 Å². The van der Waals surface area contributed by atoms with Crippen molar-refractivity contribution in [3.05, 3.63) is 47.2 Å². The third-order valence-corrected chi connectivity index (χ3v) is 2.48. The van der Waals surface area contributed by atoms with Crippen molar-refractivity contribution in [2.24, 2.45) is 0 Å². The van der Waals surface area contributed by atoms with E-state index in [9.17, 15) is 0 Å². The molecule has 0 saturated carbocycles. The van der Waals surface area contributed by atoms with E-state index in [0.717, 1.165) is 24.1 Å². The molecule has 3 heteroatoms. The summed E-state index contributed by atoms with van der Waals surface area (Å²) >= 11 is 5.98. The molecule has 0 atom stereocenters. The fourth-order valence-electron chi connectivity index (χ4n) is 1.56. The molecule has 1 aromatic carbocycles. The molecule has 0 N–H and O–H groups in total. The molecule has 2 rings (SSSR count). The zero-order valence-corrected chi connectivity index (χ0v) is 9.91. The third kappa shape index (κ3) is 2.58. The van der Waals surface area contributed by atoms with Crippen molar-refractivity contribution in [2.45, 2.75) is 19.8 Å². The summed E-state index contributed by atoms with van der Waals surface area (Å²) in [5.41, 5.74) is 2.00. The maximum atomic E-state index is 5.98. The normalized spacial score (nSPS) is 10.4. The lowest BCUT2D eigenvalue weighted by Gasteiger charge is -2.04. The Balaban J connectivity index is 2.41. The van der Waals surface area contributed by atoms with Gasteiger partial charge in [0.2, 0.25) is 0 Å². The molecule has 1 heterocycles. The van der Waals surface area contributed by atoms with Crippen LogP contribution in [0.15, 0.2) is 36.4 Å². The molecule has 0 unspecified atom stereocenters. The minimum atomic E-state index is 0.511. The average molecular weight is 233 g/mol. The number of aryl methyl sites for hydroxylation is 1. The summed E-state index contributed by atoms with van der Waals surface area (Å²) in [4.78, 5) is 8.74. The van der Waals surface area contributed by atoms with Crippen LogP contribution < -0.4 is 0 Å². The van der Waals surface area contributed by atoms with Gasteiger partial charge in [-0.05, 0) is 12.5 Å². The highest BCUT2D eigenvalue weighted by atomic mass is 35.5. The van der Waals surface area contributed by atoms with Crippen LogP contribution in [0.2, 0.25) is 5.15 Å². The minimum absolute atomic E-state index is 0.511. The van der Waals surface area contributed by atoms with Crippen molar-refractivity contribution in [1.29, 1.82) is 0 Å². The second-order valence-electron chi connectivity index (χ2n) is 3.62. The van der Waals surface area contributed by atoms with Crippen LogP contribution in [-0.2, 0) is 6.42 Å². The van der Waals surface area contributed by atoms with Crippen LogP contribution in [-0.4, -0.2) is 9.97 Å². The lowest BCUT2D eigenvalue weighted by molar-refractivity contribution is 0.875. The number of hydrogen-bond acceptors (Lipinski definition) is 2. The first-order chi connectivity index (χ1) is 7.79. The van der Waals surface area contributed by atoms with E-state index in [-0.39, 0.29) is 0 Å². The molecule has 0 fully saturated rings. The van der Waals surface area contributed by atoms with Gasteiger partial charge < -0.3 is 0 Å². The Bertz CT molecular complexity index is 469. The van der Waals surface area contributed by atoms with Gasteiger partial charge in [-0.25, -0.2) is 9.97 Å². The average Bonchev–Trinajstić information content (AvgIpc) is 2.30. The molecule has 0 radical (unpaired) electrons. The topological polar surface area (TPSA) is 25.8 Å². The van der Waals surface area contributed by atoms with Gasteiger partial charge >= 0.3 is 0 Å². The summed E-state index contributed by atoms with van der Waals surface area (Å²) in [6.07, 6.45) is 1.99. The Morgan fingerprint density at radius 2 is 1.88 bits per heavy atom. The van der Waals surface area contributed by atoms with Crippen molar-refractivity contribution in [1.82, 2.24) is 9.97 Å². The van der Waals surface area contributed by atoms with Crippen molar-refractivity contribution >= 4 is 11.6 Å². The first-order valence-corrected chi connectivity index (χ1v) is 5.76. The Labute approximate surface area is 100 Å². The number of rotatable bonds is 3. The molecule has 1 aromatic heterocycles. The highest BCUT2D eigenvalue weighted by molar-refractivity contribution is 6.29. The molecule has 16 heavy (non-hydrogen) atoms. The molecule has 0 amide bonds. The fourth-order valence-corrected chi connectivity index (χ4v) is 1.77. The van der Waals surface area contributed by atoms with Gasteiger partial charge in [0.1, 0.15) is 5.15 Å². The lowest BCUT2D eigenvalue weighted by atomic mass is 10.2. The summed E-state index contributed by atoms with van der Waals surface area (Å²) in [5.74, 6) is 0.705. The van der Waals surface area contributed by atoms with E-state index in [1.165, 1.54) is 0 Å². The Kier molecular flexibility index (Phi) is 3.52. The lowest BCUT2D eigenvalue weighted by Crippen LogP contribution is -1.95.